The molecule has 0 radical (unpaired) electrons. The molecule has 0 saturated heterocycles. The van der Waals surface area contributed by atoms with Crippen LogP contribution in [0.1, 0.15) is 0 Å². The molecule has 0 saturated carbocycles. The normalized spacial score (nSPS) is 10.9. The first-order valence-corrected chi connectivity index (χ1v) is 14.8. The number of benzene rings is 2. The summed E-state index contributed by atoms with van der Waals surface area (Å²) in [6.07, 6.45) is 0. The molecule has 0 fully saturated rings. The van der Waals surface area contributed by atoms with E-state index in [9.17, 15) is 0 Å². The van der Waals surface area contributed by atoms with Crippen LogP contribution in [-0.4, -0.2) is 36.9 Å². The van der Waals surface area contributed by atoms with Crippen molar-refractivity contribution in [1.29, 1.82) is 0 Å². The van der Waals surface area contributed by atoms with Crippen LogP contribution < -0.4 is 21.1 Å². The van der Waals surface area contributed by atoms with E-state index in [1.54, 1.807) is 0 Å². The average Bonchev–Trinajstić information content (AvgIpc) is 2.57. The molecule has 0 heterocycles. The van der Waals surface area contributed by atoms with Gasteiger partial charge in [0, 0.05) is 0 Å². The molecule has 118 valence electrons. The fourth-order valence-corrected chi connectivity index (χ4v) is 14.4. The second-order valence-corrected chi connectivity index (χ2v) is 16.4. The minimum atomic E-state index is -1.08. The van der Waals surface area contributed by atoms with E-state index in [0.29, 0.717) is 0 Å². The minimum absolute atomic E-state index is 1.01. The van der Waals surface area contributed by atoms with Crippen LogP contribution in [0.2, 0.25) is 0 Å². The van der Waals surface area contributed by atoms with E-state index in [2.05, 4.69) is 73.2 Å². The Morgan fingerprint density at radius 3 is 1.86 bits per heavy atom. The molecule has 7 N–H and O–H groups in total. The zero-order valence-electron chi connectivity index (χ0n) is 12.7. The standard InChI is InChI=1S/C16H22AsN3S2/c18-10-12-21-17(22-13-11-19)14-6-8-16(9-7-14)20-15-4-2-1-3-5-15/h1-9,20H,10-13,18-19H2/p+2. The second kappa shape index (κ2) is 10.2. The van der Waals surface area contributed by atoms with Gasteiger partial charge < -0.3 is 0 Å². The maximum atomic E-state index is 3.96. The summed E-state index contributed by atoms with van der Waals surface area (Å²) in [5.74, 6) is 2.32. The van der Waals surface area contributed by atoms with Crippen molar-refractivity contribution in [2.24, 2.45) is 0 Å². The van der Waals surface area contributed by atoms with Gasteiger partial charge in [-0.25, -0.2) is 0 Å². The van der Waals surface area contributed by atoms with Gasteiger partial charge in [-0.3, -0.25) is 0 Å². The van der Waals surface area contributed by atoms with Gasteiger partial charge in [0.1, 0.15) is 0 Å². The van der Waals surface area contributed by atoms with Gasteiger partial charge in [-0.15, -0.1) is 0 Å². The number of anilines is 2. The second-order valence-electron chi connectivity index (χ2n) is 4.67. The Kier molecular flexibility index (Phi) is 8.27. The van der Waals surface area contributed by atoms with E-state index < -0.39 is 12.3 Å². The summed E-state index contributed by atoms with van der Waals surface area (Å²) in [6.45, 7) is 2.02. The number of para-hydroxylation sites is 1. The van der Waals surface area contributed by atoms with Crippen LogP contribution in [0, 0.1) is 0 Å². The molecule has 3 nitrogen and oxygen atoms in total. The van der Waals surface area contributed by atoms with Crippen molar-refractivity contribution in [3.8, 4) is 0 Å². The molecule has 2 aromatic carbocycles. The Morgan fingerprint density at radius 1 is 0.773 bits per heavy atom. The maximum absolute atomic E-state index is 3.96. The van der Waals surface area contributed by atoms with Crippen molar-refractivity contribution in [3.05, 3.63) is 54.6 Å². The molecule has 0 atom stereocenters. The van der Waals surface area contributed by atoms with E-state index in [0.717, 1.165) is 36.0 Å². The summed E-state index contributed by atoms with van der Waals surface area (Å²) in [7, 11) is 4.25. The number of rotatable bonds is 9. The van der Waals surface area contributed by atoms with E-state index in [1.165, 1.54) is 4.35 Å². The predicted molar refractivity (Wildman–Crippen MR) is 102 cm³/mol. The van der Waals surface area contributed by atoms with Crippen molar-refractivity contribution in [1.82, 2.24) is 0 Å². The van der Waals surface area contributed by atoms with Gasteiger partial charge in [-0.1, -0.05) is 0 Å². The predicted octanol–water partition coefficient (Wildman–Crippen LogP) is 1.08. The fraction of sp³-hybridized carbons (Fsp3) is 0.250. The van der Waals surface area contributed by atoms with E-state index in [-0.39, 0.29) is 0 Å². The van der Waals surface area contributed by atoms with Crippen molar-refractivity contribution < 1.29 is 11.5 Å². The first kappa shape index (κ1) is 17.8. The van der Waals surface area contributed by atoms with Gasteiger partial charge in [-0.05, 0) is 0 Å². The zero-order valence-corrected chi connectivity index (χ0v) is 16.2. The molecule has 0 spiro atoms. The molecule has 0 aliphatic rings. The van der Waals surface area contributed by atoms with Gasteiger partial charge >= 0.3 is 144 Å². The van der Waals surface area contributed by atoms with Crippen molar-refractivity contribution in [2.75, 3.05) is 29.9 Å². The van der Waals surface area contributed by atoms with E-state index >= 15 is 0 Å². The molecule has 0 unspecified atom stereocenters. The molecular weight excluding hydrogens is 373 g/mol. The van der Waals surface area contributed by atoms with Gasteiger partial charge in [0.05, 0.1) is 0 Å². The molecule has 0 aliphatic carbocycles. The Hall–Kier alpha value is -0.582. The first-order valence-electron chi connectivity index (χ1n) is 7.40. The topological polar surface area (TPSA) is 67.3 Å². The SMILES string of the molecule is [NH3+]CCS[As](SCC[NH3+])c1ccc(Nc2ccccc2)cc1. The molecular formula is C16H24AsN3S2+2. The van der Waals surface area contributed by atoms with Gasteiger partial charge in [-0.2, -0.15) is 0 Å². The summed E-state index contributed by atoms with van der Waals surface area (Å²) >= 11 is -1.08. The van der Waals surface area contributed by atoms with Crippen LogP contribution in [0.15, 0.2) is 54.6 Å². The number of quaternary nitrogens is 2. The Labute approximate surface area is 143 Å². The Bertz CT molecular complexity index is 529. The summed E-state index contributed by atoms with van der Waals surface area (Å²) < 4.78 is 1.52. The zero-order chi connectivity index (χ0) is 15.6. The van der Waals surface area contributed by atoms with Crippen molar-refractivity contribution >= 4 is 48.1 Å². The number of hydrogen-bond acceptors (Lipinski definition) is 3. The molecule has 2 rings (SSSR count). The molecule has 6 heteroatoms. The van der Waals surface area contributed by atoms with Crippen LogP contribution in [0.3, 0.4) is 0 Å². The van der Waals surface area contributed by atoms with Crippen molar-refractivity contribution in [3.63, 3.8) is 0 Å². The van der Waals surface area contributed by atoms with E-state index in [4.69, 9.17) is 0 Å². The molecule has 2 aromatic rings. The molecule has 0 amide bonds. The average molecular weight is 397 g/mol. The van der Waals surface area contributed by atoms with Crippen LogP contribution in [0.25, 0.3) is 0 Å². The summed E-state index contributed by atoms with van der Waals surface area (Å²) in [4.78, 5) is 0. The van der Waals surface area contributed by atoms with E-state index in [1.807, 2.05) is 18.2 Å². The number of hydrogen-bond donors (Lipinski definition) is 3. The monoisotopic (exact) mass is 397 g/mol. The van der Waals surface area contributed by atoms with Gasteiger partial charge in [0.2, 0.25) is 0 Å². The molecule has 0 aromatic heterocycles. The Balaban J connectivity index is 2.01. The third-order valence-electron chi connectivity index (χ3n) is 2.85. The summed E-state index contributed by atoms with van der Waals surface area (Å²) in [5, 5.41) is 3.44. The van der Waals surface area contributed by atoms with Crippen LogP contribution >= 0.6 is 20.0 Å². The summed E-state index contributed by atoms with van der Waals surface area (Å²) in [5.41, 5.74) is 10.2. The van der Waals surface area contributed by atoms with Crippen LogP contribution in [-0.2, 0) is 0 Å². The van der Waals surface area contributed by atoms with Crippen LogP contribution in [0.4, 0.5) is 11.4 Å². The van der Waals surface area contributed by atoms with Gasteiger partial charge in [0.25, 0.3) is 0 Å². The summed E-state index contributed by atoms with van der Waals surface area (Å²) in [6, 6.07) is 19.3. The number of nitrogens with one attached hydrogen (secondary N) is 1. The third kappa shape index (κ3) is 5.90. The van der Waals surface area contributed by atoms with Gasteiger partial charge in [0.15, 0.2) is 0 Å². The van der Waals surface area contributed by atoms with Crippen molar-refractivity contribution in [2.45, 2.75) is 0 Å². The fourth-order valence-electron chi connectivity index (χ4n) is 1.84. The quantitative estimate of drug-likeness (QED) is 0.555. The molecule has 0 bridgehead atoms. The molecule has 22 heavy (non-hydrogen) atoms. The third-order valence-corrected chi connectivity index (χ3v) is 16.5. The Morgan fingerprint density at radius 2 is 1.32 bits per heavy atom. The van der Waals surface area contributed by atoms with Crippen LogP contribution in [0.5, 0.6) is 0 Å². The first-order chi connectivity index (χ1) is 10.8. The molecule has 0 aliphatic heterocycles.